The lowest BCUT2D eigenvalue weighted by atomic mass is 9.84. The molecule has 0 radical (unpaired) electrons. The van der Waals surface area contributed by atoms with Gasteiger partial charge in [-0.2, -0.15) is 0 Å². The first-order valence-corrected chi connectivity index (χ1v) is 12.1. The minimum atomic E-state index is -4.19. The minimum Gasteiger partial charge on any atom is -0.482 e. The molecule has 0 fully saturated rings. The molecular weight excluding hydrogens is 472 g/mol. The van der Waals surface area contributed by atoms with Gasteiger partial charge in [-0.3, -0.25) is 9.78 Å². The maximum atomic E-state index is 13.8. The summed E-state index contributed by atoms with van der Waals surface area (Å²) in [4.78, 5) is 24.4. The summed E-state index contributed by atoms with van der Waals surface area (Å²) in [6.07, 6.45) is 2.49. The number of nitrogens with two attached hydrogens (primary N) is 1. The summed E-state index contributed by atoms with van der Waals surface area (Å²) in [7, 11) is -4.19. The number of hydrogen-bond acceptors (Lipinski definition) is 7. The van der Waals surface area contributed by atoms with E-state index in [2.05, 4.69) is 4.98 Å². The second-order valence-corrected chi connectivity index (χ2v) is 10.8. The Hall–Kier alpha value is -3.76. The lowest BCUT2D eigenvalue weighted by molar-refractivity contribution is -0.142. The molecule has 184 valence electrons. The first kappa shape index (κ1) is 25.9. The summed E-state index contributed by atoms with van der Waals surface area (Å²) in [5.41, 5.74) is 6.73. The van der Waals surface area contributed by atoms with Crippen molar-refractivity contribution in [3.8, 4) is 5.75 Å². The van der Waals surface area contributed by atoms with Gasteiger partial charge in [-0.05, 0) is 54.8 Å². The summed E-state index contributed by atoms with van der Waals surface area (Å²) in [5, 5.41) is 18.4. The predicted octanol–water partition coefficient (Wildman–Crippen LogP) is 2.74. The van der Waals surface area contributed by atoms with Crippen LogP contribution in [0.4, 0.5) is 0 Å². The van der Waals surface area contributed by atoms with Crippen molar-refractivity contribution in [2.45, 2.75) is 35.4 Å². The summed E-state index contributed by atoms with van der Waals surface area (Å²) in [6, 6.07) is 15.4. The number of aromatic nitrogens is 1. The lowest BCUT2D eigenvalue weighted by Gasteiger charge is -2.31. The molecule has 0 aliphatic heterocycles. The number of ether oxygens (including phenoxy) is 1. The standard InChI is InChI=1S/C25H26N2O7S/c1-24(2,23(30)31)18-8-10-19(11-9-18)25(26,35(32,33)21-7-4-12-27-15-21)14-17-5-3-6-20(13-17)34-16-22(28)29/h3-13,15H,14,16,26H2,1-2H3,(H,28,29)(H,30,31). The summed E-state index contributed by atoms with van der Waals surface area (Å²) in [5.74, 6) is -1.91. The number of benzene rings is 2. The van der Waals surface area contributed by atoms with E-state index in [-0.39, 0.29) is 22.6 Å². The molecule has 0 aliphatic rings. The van der Waals surface area contributed by atoms with E-state index in [9.17, 15) is 23.1 Å². The Bertz CT molecular complexity index is 1320. The number of sulfone groups is 1. The molecular formula is C25H26N2O7S. The molecule has 1 heterocycles. The Morgan fingerprint density at radius 2 is 1.66 bits per heavy atom. The Morgan fingerprint density at radius 1 is 1.00 bits per heavy atom. The fraction of sp³-hybridized carbons (Fsp3) is 0.240. The quantitative estimate of drug-likeness (QED) is 0.382. The molecule has 1 aromatic heterocycles. The van der Waals surface area contributed by atoms with Gasteiger partial charge in [0.15, 0.2) is 11.5 Å². The van der Waals surface area contributed by atoms with Crippen molar-refractivity contribution in [2.75, 3.05) is 6.61 Å². The summed E-state index contributed by atoms with van der Waals surface area (Å²) >= 11 is 0. The van der Waals surface area contributed by atoms with Gasteiger partial charge in [0.2, 0.25) is 9.84 Å². The van der Waals surface area contributed by atoms with E-state index in [0.717, 1.165) is 0 Å². The Balaban J connectivity index is 2.10. The zero-order chi connectivity index (χ0) is 25.9. The van der Waals surface area contributed by atoms with Gasteiger partial charge in [-0.15, -0.1) is 0 Å². The van der Waals surface area contributed by atoms with Crippen molar-refractivity contribution in [3.05, 3.63) is 89.7 Å². The van der Waals surface area contributed by atoms with E-state index in [1.165, 1.54) is 42.7 Å². The average Bonchev–Trinajstić information content (AvgIpc) is 2.83. The van der Waals surface area contributed by atoms with Crippen LogP contribution in [0.3, 0.4) is 0 Å². The Morgan fingerprint density at radius 3 is 2.23 bits per heavy atom. The van der Waals surface area contributed by atoms with Crippen molar-refractivity contribution in [2.24, 2.45) is 5.73 Å². The third-order valence-electron chi connectivity index (χ3n) is 5.78. The van der Waals surface area contributed by atoms with E-state index in [4.69, 9.17) is 15.6 Å². The third kappa shape index (κ3) is 5.33. The predicted molar refractivity (Wildman–Crippen MR) is 128 cm³/mol. The van der Waals surface area contributed by atoms with Gasteiger partial charge >= 0.3 is 11.9 Å². The number of nitrogens with zero attached hydrogens (tertiary/aromatic N) is 1. The fourth-order valence-electron chi connectivity index (χ4n) is 3.55. The fourth-order valence-corrected chi connectivity index (χ4v) is 5.24. The Kier molecular flexibility index (Phi) is 7.27. The smallest absolute Gasteiger partial charge is 0.341 e. The van der Waals surface area contributed by atoms with Gasteiger partial charge in [0.1, 0.15) is 5.75 Å². The molecule has 4 N–H and O–H groups in total. The van der Waals surface area contributed by atoms with Crippen LogP contribution in [0.5, 0.6) is 5.75 Å². The van der Waals surface area contributed by atoms with Crippen LogP contribution in [0.2, 0.25) is 0 Å². The van der Waals surface area contributed by atoms with Crippen LogP contribution in [0, 0.1) is 0 Å². The maximum absolute atomic E-state index is 13.8. The second kappa shape index (κ2) is 9.85. The molecule has 0 aliphatic carbocycles. The van der Waals surface area contributed by atoms with E-state index < -0.39 is 38.7 Å². The normalized spacial score (nSPS) is 13.6. The molecule has 9 nitrogen and oxygen atoms in total. The van der Waals surface area contributed by atoms with E-state index in [0.29, 0.717) is 11.1 Å². The monoisotopic (exact) mass is 498 g/mol. The molecule has 10 heteroatoms. The van der Waals surface area contributed by atoms with Crippen LogP contribution in [0.1, 0.15) is 30.5 Å². The third-order valence-corrected chi connectivity index (χ3v) is 7.98. The highest BCUT2D eigenvalue weighted by atomic mass is 32.2. The number of carboxylic acid groups (broad SMARTS) is 2. The van der Waals surface area contributed by atoms with E-state index >= 15 is 0 Å². The molecule has 3 rings (SSSR count). The molecule has 35 heavy (non-hydrogen) atoms. The number of rotatable bonds is 10. The molecule has 3 aromatic rings. The van der Waals surface area contributed by atoms with Crippen LogP contribution in [-0.2, 0) is 36.1 Å². The number of pyridine rings is 1. The average molecular weight is 499 g/mol. The van der Waals surface area contributed by atoms with Gasteiger partial charge < -0.3 is 20.7 Å². The highest BCUT2D eigenvalue weighted by Gasteiger charge is 2.43. The number of hydrogen-bond donors (Lipinski definition) is 3. The van der Waals surface area contributed by atoms with Crippen molar-refractivity contribution in [1.82, 2.24) is 4.98 Å². The highest BCUT2D eigenvalue weighted by molar-refractivity contribution is 7.92. The van der Waals surface area contributed by atoms with Crippen LogP contribution in [0.15, 0.2) is 78.0 Å². The molecule has 0 spiro atoms. The van der Waals surface area contributed by atoms with Crippen LogP contribution in [0.25, 0.3) is 0 Å². The van der Waals surface area contributed by atoms with E-state index in [1.807, 2.05) is 0 Å². The first-order valence-electron chi connectivity index (χ1n) is 10.6. The molecule has 0 bridgehead atoms. The summed E-state index contributed by atoms with van der Waals surface area (Å²) < 4.78 is 32.8. The van der Waals surface area contributed by atoms with Crippen LogP contribution >= 0.6 is 0 Å². The topological polar surface area (TPSA) is 157 Å². The molecule has 1 unspecified atom stereocenters. The maximum Gasteiger partial charge on any atom is 0.341 e. The zero-order valence-electron chi connectivity index (χ0n) is 19.2. The van der Waals surface area contributed by atoms with Gasteiger partial charge in [0.25, 0.3) is 0 Å². The van der Waals surface area contributed by atoms with Crippen molar-refractivity contribution >= 4 is 21.8 Å². The minimum absolute atomic E-state index is 0.0734. The molecule has 0 saturated heterocycles. The van der Waals surface area contributed by atoms with Crippen molar-refractivity contribution < 1.29 is 33.0 Å². The SMILES string of the molecule is CC(C)(C(=O)O)c1ccc(C(N)(Cc2cccc(OCC(=O)O)c2)S(=O)(=O)c2cccnc2)cc1. The lowest BCUT2D eigenvalue weighted by Crippen LogP contribution is -2.47. The van der Waals surface area contributed by atoms with E-state index in [1.54, 1.807) is 44.2 Å². The van der Waals surface area contributed by atoms with Gasteiger partial charge in [-0.25, -0.2) is 13.2 Å². The van der Waals surface area contributed by atoms with Crippen LogP contribution in [-0.4, -0.2) is 42.2 Å². The second-order valence-electron chi connectivity index (χ2n) is 8.60. The van der Waals surface area contributed by atoms with Crippen molar-refractivity contribution in [3.63, 3.8) is 0 Å². The highest BCUT2D eigenvalue weighted by Crippen LogP contribution is 2.36. The Labute approximate surface area is 203 Å². The largest absolute Gasteiger partial charge is 0.482 e. The summed E-state index contributed by atoms with van der Waals surface area (Å²) in [6.45, 7) is 2.55. The van der Waals surface area contributed by atoms with Gasteiger partial charge in [0, 0.05) is 18.8 Å². The molecule has 2 aromatic carbocycles. The van der Waals surface area contributed by atoms with Crippen molar-refractivity contribution in [1.29, 1.82) is 0 Å². The zero-order valence-corrected chi connectivity index (χ0v) is 20.0. The molecule has 0 saturated carbocycles. The molecule has 1 atom stereocenters. The van der Waals surface area contributed by atoms with Gasteiger partial charge in [-0.1, -0.05) is 36.4 Å². The number of carboxylic acids is 2. The van der Waals surface area contributed by atoms with Gasteiger partial charge in [0.05, 0.1) is 10.3 Å². The van der Waals surface area contributed by atoms with Crippen LogP contribution < -0.4 is 10.5 Å². The number of aliphatic carboxylic acids is 2. The number of carbonyl (C=O) groups is 2. The molecule has 0 amide bonds. The first-order chi connectivity index (χ1) is 16.4.